The lowest BCUT2D eigenvalue weighted by Gasteiger charge is -2.20. The highest BCUT2D eigenvalue weighted by Gasteiger charge is 2.61. The van der Waals surface area contributed by atoms with Crippen LogP contribution in [0.25, 0.3) is 0 Å². The third-order valence-corrected chi connectivity index (χ3v) is 5.42. The van der Waals surface area contributed by atoms with Crippen LogP contribution >= 0.6 is 15.9 Å². The lowest BCUT2D eigenvalue weighted by atomic mass is 9.87. The van der Waals surface area contributed by atoms with Gasteiger partial charge in [0.2, 0.25) is 0 Å². The van der Waals surface area contributed by atoms with Crippen molar-refractivity contribution in [3.05, 3.63) is 33.3 Å². The van der Waals surface area contributed by atoms with Crippen LogP contribution in [-0.4, -0.2) is 11.7 Å². The zero-order valence-electron chi connectivity index (χ0n) is 10.4. The quantitative estimate of drug-likeness (QED) is 0.877. The van der Waals surface area contributed by atoms with Gasteiger partial charge in [-0.25, -0.2) is 0 Å². The Morgan fingerprint density at radius 3 is 2.00 bits per heavy atom. The van der Waals surface area contributed by atoms with Crippen molar-refractivity contribution in [3.63, 3.8) is 0 Å². The molecule has 0 heterocycles. The molecule has 1 nitrogen and oxygen atoms in total. The Labute approximate surface area is 106 Å². The van der Waals surface area contributed by atoms with Gasteiger partial charge in [0.1, 0.15) is 0 Å². The van der Waals surface area contributed by atoms with Crippen LogP contribution in [0.1, 0.15) is 37.0 Å². The van der Waals surface area contributed by atoms with Crippen molar-refractivity contribution < 1.29 is 5.11 Å². The van der Waals surface area contributed by atoms with E-state index in [2.05, 4.69) is 55.8 Å². The van der Waals surface area contributed by atoms with Crippen molar-refractivity contribution in [3.8, 4) is 0 Å². The summed E-state index contributed by atoms with van der Waals surface area (Å²) in [4.78, 5) is 0. The predicted octanol–water partition coefficient (Wildman–Crippen LogP) is 3.73. The van der Waals surface area contributed by atoms with Crippen molar-refractivity contribution in [1.82, 2.24) is 0 Å². The molecule has 1 unspecified atom stereocenters. The number of aryl methyl sites for hydroxylation is 2. The van der Waals surface area contributed by atoms with Crippen LogP contribution in [0.5, 0.6) is 0 Å². The summed E-state index contributed by atoms with van der Waals surface area (Å²) < 4.78 is 1.18. The van der Waals surface area contributed by atoms with Crippen molar-refractivity contribution >= 4 is 15.9 Å². The van der Waals surface area contributed by atoms with E-state index in [4.69, 9.17) is 0 Å². The molecule has 1 aliphatic rings. The molecule has 0 saturated heterocycles. The van der Waals surface area contributed by atoms with Gasteiger partial charge < -0.3 is 5.11 Å². The van der Waals surface area contributed by atoms with Crippen LogP contribution in [0, 0.1) is 19.3 Å². The fourth-order valence-electron chi connectivity index (χ4n) is 2.79. The van der Waals surface area contributed by atoms with E-state index in [1.807, 2.05) is 0 Å². The van der Waals surface area contributed by atoms with Gasteiger partial charge in [-0.2, -0.15) is 0 Å². The van der Waals surface area contributed by atoms with Crippen molar-refractivity contribution in [2.45, 2.75) is 39.5 Å². The molecule has 1 saturated carbocycles. The minimum Gasteiger partial charge on any atom is -0.395 e. The summed E-state index contributed by atoms with van der Waals surface area (Å²) in [5, 5.41) is 9.68. The van der Waals surface area contributed by atoms with Gasteiger partial charge in [-0.05, 0) is 42.4 Å². The van der Waals surface area contributed by atoms with Gasteiger partial charge in [0, 0.05) is 9.89 Å². The number of hydrogen-bond donors (Lipinski definition) is 1. The van der Waals surface area contributed by atoms with Crippen LogP contribution in [0.4, 0.5) is 0 Å². The Hall–Kier alpha value is -0.340. The SMILES string of the molecule is Cc1cc(C2(CO)CC2(C)C)cc(C)c1Br. The summed E-state index contributed by atoms with van der Waals surface area (Å²) in [7, 11) is 0. The standard InChI is InChI=1S/C14H19BrO/c1-9-5-11(6-10(2)12(9)15)14(8-16)7-13(14,3)4/h5-6,16H,7-8H2,1-4H3. The second-order valence-electron chi connectivity index (χ2n) is 5.72. The Bertz CT molecular complexity index is 413. The van der Waals surface area contributed by atoms with E-state index in [-0.39, 0.29) is 17.4 Å². The Kier molecular flexibility index (Phi) is 2.71. The minimum absolute atomic E-state index is 0.0107. The second-order valence-corrected chi connectivity index (χ2v) is 6.52. The van der Waals surface area contributed by atoms with Crippen LogP contribution in [0.15, 0.2) is 16.6 Å². The summed E-state index contributed by atoms with van der Waals surface area (Å²) in [5.41, 5.74) is 4.02. The molecule has 0 bridgehead atoms. The highest BCUT2D eigenvalue weighted by Crippen LogP contribution is 2.64. The van der Waals surface area contributed by atoms with Crippen molar-refractivity contribution in [2.24, 2.45) is 5.41 Å². The van der Waals surface area contributed by atoms with E-state index in [0.29, 0.717) is 0 Å². The largest absolute Gasteiger partial charge is 0.395 e. The van der Waals surface area contributed by atoms with E-state index in [9.17, 15) is 5.11 Å². The highest BCUT2D eigenvalue weighted by atomic mass is 79.9. The van der Waals surface area contributed by atoms with Crippen LogP contribution in [-0.2, 0) is 5.41 Å². The fraction of sp³-hybridized carbons (Fsp3) is 0.571. The molecule has 1 N–H and O–H groups in total. The molecule has 1 aromatic rings. The Morgan fingerprint density at radius 2 is 1.69 bits per heavy atom. The number of rotatable bonds is 2. The van der Waals surface area contributed by atoms with Gasteiger partial charge in [0.05, 0.1) is 6.61 Å². The number of aliphatic hydroxyl groups is 1. The topological polar surface area (TPSA) is 20.2 Å². The maximum atomic E-state index is 9.68. The van der Waals surface area contributed by atoms with E-state index in [1.165, 1.54) is 21.2 Å². The molecule has 88 valence electrons. The highest BCUT2D eigenvalue weighted by molar-refractivity contribution is 9.10. The van der Waals surface area contributed by atoms with Gasteiger partial charge in [0.15, 0.2) is 0 Å². The average Bonchev–Trinajstić information content (AvgIpc) is 2.78. The molecule has 0 amide bonds. The van der Waals surface area contributed by atoms with Crippen LogP contribution < -0.4 is 0 Å². The lowest BCUT2D eigenvalue weighted by molar-refractivity contribution is 0.231. The first-order valence-corrected chi connectivity index (χ1v) is 6.51. The predicted molar refractivity (Wildman–Crippen MR) is 70.8 cm³/mol. The summed E-state index contributed by atoms with van der Waals surface area (Å²) in [6.07, 6.45) is 1.08. The van der Waals surface area contributed by atoms with E-state index in [1.54, 1.807) is 0 Å². The van der Waals surface area contributed by atoms with Gasteiger partial charge in [-0.3, -0.25) is 0 Å². The number of halogens is 1. The molecule has 1 fully saturated rings. The number of aliphatic hydroxyl groups excluding tert-OH is 1. The van der Waals surface area contributed by atoms with Gasteiger partial charge in [0.25, 0.3) is 0 Å². The van der Waals surface area contributed by atoms with E-state index >= 15 is 0 Å². The van der Waals surface area contributed by atoms with Gasteiger partial charge in [-0.1, -0.05) is 41.9 Å². The summed E-state index contributed by atoms with van der Waals surface area (Å²) in [6.45, 7) is 8.94. The first kappa shape index (κ1) is 12.1. The van der Waals surface area contributed by atoms with E-state index in [0.717, 1.165) is 6.42 Å². The molecule has 0 aliphatic heterocycles. The molecule has 2 heteroatoms. The molecule has 0 radical (unpaired) electrons. The van der Waals surface area contributed by atoms with Crippen LogP contribution in [0.3, 0.4) is 0 Å². The summed E-state index contributed by atoms with van der Waals surface area (Å²) in [5.74, 6) is 0. The number of benzene rings is 1. The average molecular weight is 283 g/mol. The molecule has 0 aromatic heterocycles. The monoisotopic (exact) mass is 282 g/mol. The molecule has 0 spiro atoms. The number of hydrogen-bond acceptors (Lipinski definition) is 1. The van der Waals surface area contributed by atoms with E-state index < -0.39 is 0 Å². The minimum atomic E-state index is -0.0107. The second kappa shape index (κ2) is 3.58. The molecule has 1 atom stereocenters. The Balaban J connectivity index is 2.50. The third-order valence-electron chi connectivity index (χ3n) is 4.17. The summed E-state index contributed by atoms with van der Waals surface area (Å²) >= 11 is 3.59. The lowest BCUT2D eigenvalue weighted by Crippen LogP contribution is -2.19. The first-order valence-electron chi connectivity index (χ1n) is 5.72. The first-order chi connectivity index (χ1) is 7.34. The zero-order valence-corrected chi connectivity index (χ0v) is 12.0. The fourth-order valence-corrected chi connectivity index (χ4v) is 3.02. The zero-order chi connectivity index (χ0) is 12.1. The smallest absolute Gasteiger partial charge is 0.0533 e. The molecule has 16 heavy (non-hydrogen) atoms. The third kappa shape index (κ3) is 1.54. The maximum absolute atomic E-state index is 9.68. The van der Waals surface area contributed by atoms with Gasteiger partial charge in [-0.15, -0.1) is 0 Å². The molecule has 2 rings (SSSR count). The Morgan fingerprint density at radius 1 is 1.25 bits per heavy atom. The normalized spacial score (nSPS) is 26.9. The van der Waals surface area contributed by atoms with Gasteiger partial charge >= 0.3 is 0 Å². The van der Waals surface area contributed by atoms with Crippen LogP contribution in [0.2, 0.25) is 0 Å². The maximum Gasteiger partial charge on any atom is 0.0533 e. The molecule has 1 aromatic carbocycles. The molecular weight excluding hydrogens is 264 g/mol. The molecule has 1 aliphatic carbocycles. The molecular formula is C14H19BrO. The summed E-state index contributed by atoms with van der Waals surface area (Å²) in [6, 6.07) is 4.42. The van der Waals surface area contributed by atoms with Crippen molar-refractivity contribution in [1.29, 1.82) is 0 Å². The van der Waals surface area contributed by atoms with Crippen molar-refractivity contribution in [2.75, 3.05) is 6.61 Å².